The van der Waals surface area contributed by atoms with E-state index in [1.54, 1.807) is 7.11 Å². The van der Waals surface area contributed by atoms with E-state index in [-0.39, 0.29) is 0 Å². The van der Waals surface area contributed by atoms with Crippen molar-refractivity contribution >= 4 is 5.71 Å². The van der Waals surface area contributed by atoms with Crippen LogP contribution >= 0.6 is 0 Å². The van der Waals surface area contributed by atoms with E-state index < -0.39 is 0 Å². The highest BCUT2D eigenvalue weighted by atomic mass is 16.5. The van der Waals surface area contributed by atoms with Crippen LogP contribution in [0.2, 0.25) is 0 Å². The minimum atomic E-state index is 0.356. The van der Waals surface area contributed by atoms with Gasteiger partial charge in [0.2, 0.25) is 0 Å². The summed E-state index contributed by atoms with van der Waals surface area (Å²) < 4.78 is 4.90. The smallest absolute Gasteiger partial charge is 0.0880 e. The molecule has 2 N–H and O–H groups in total. The predicted octanol–water partition coefficient (Wildman–Crippen LogP) is 2.35. The molecule has 16 heavy (non-hydrogen) atoms. The molecule has 3 heteroatoms. The SMILES string of the molecule is COCC(=N)/C(C)=C\NCc1ccccc1. The zero-order valence-corrected chi connectivity index (χ0v) is 9.79. The summed E-state index contributed by atoms with van der Waals surface area (Å²) in [5.41, 5.74) is 2.63. The molecule has 0 amide bonds. The molecule has 0 saturated carbocycles. The second kappa shape index (κ2) is 6.80. The minimum absolute atomic E-state index is 0.356. The molecule has 0 aliphatic rings. The number of hydrogen-bond donors (Lipinski definition) is 2. The van der Waals surface area contributed by atoms with Crippen LogP contribution in [0.3, 0.4) is 0 Å². The highest BCUT2D eigenvalue weighted by Crippen LogP contribution is 1.98. The molecule has 0 saturated heterocycles. The average molecular weight is 218 g/mol. The molecule has 0 aliphatic heterocycles. The Kier molecular flexibility index (Phi) is 5.29. The molecule has 0 aromatic heterocycles. The molecule has 0 radical (unpaired) electrons. The minimum Gasteiger partial charge on any atom is -0.387 e. The molecule has 0 aliphatic carbocycles. The molecular formula is C13H18N2O. The second-order valence-electron chi connectivity index (χ2n) is 3.61. The van der Waals surface area contributed by atoms with Crippen LogP contribution in [0.15, 0.2) is 42.1 Å². The fourth-order valence-electron chi connectivity index (χ4n) is 1.26. The lowest BCUT2D eigenvalue weighted by Crippen LogP contribution is -2.11. The van der Waals surface area contributed by atoms with Crippen LogP contribution in [0.1, 0.15) is 12.5 Å². The van der Waals surface area contributed by atoms with Crippen LogP contribution in [0, 0.1) is 5.41 Å². The van der Waals surface area contributed by atoms with E-state index in [0.717, 1.165) is 12.1 Å². The summed E-state index contributed by atoms with van der Waals surface area (Å²) in [5.74, 6) is 0. The van der Waals surface area contributed by atoms with E-state index in [9.17, 15) is 0 Å². The predicted molar refractivity (Wildman–Crippen MR) is 66.6 cm³/mol. The molecule has 1 rings (SSSR count). The van der Waals surface area contributed by atoms with Gasteiger partial charge in [0.25, 0.3) is 0 Å². The van der Waals surface area contributed by atoms with Crippen molar-refractivity contribution < 1.29 is 4.74 Å². The van der Waals surface area contributed by atoms with Gasteiger partial charge in [0, 0.05) is 19.9 Å². The Morgan fingerprint density at radius 2 is 2.06 bits per heavy atom. The average Bonchev–Trinajstić information content (AvgIpc) is 2.30. The van der Waals surface area contributed by atoms with Crippen LogP contribution in [0.4, 0.5) is 0 Å². The van der Waals surface area contributed by atoms with Crippen LogP contribution in [-0.2, 0) is 11.3 Å². The fourth-order valence-corrected chi connectivity index (χ4v) is 1.26. The Labute approximate surface area is 96.6 Å². The summed E-state index contributed by atoms with van der Waals surface area (Å²) >= 11 is 0. The molecule has 86 valence electrons. The van der Waals surface area contributed by atoms with Gasteiger partial charge in [-0.05, 0) is 18.1 Å². The van der Waals surface area contributed by atoms with Gasteiger partial charge in [-0.3, -0.25) is 0 Å². The zero-order valence-electron chi connectivity index (χ0n) is 9.79. The number of hydrogen-bond acceptors (Lipinski definition) is 3. The first-order chi connectivity index (χ1) is 7.74. The van der Waals surface area contributed by atoms with Crippen molar-refractivity contribution in [2.24, 2.45) is 0 Å². The highest BCUT2D eigenvalue weighted by molar-refractivity contribution is 5.98. The number of ether oxygens (including phenoxy) is 1. The van der Waals surface area contributed by atoms with Gasteiger partial charge in [-0.2, -0.15) is 0 Å². The molecule has 1 aromatic carbocycles. The van der Waals surface area contributed by atoms with E-state index in [1.807, 2.05) is 31.3 Å². The monoisotopic (exact) mass is 218 g/mol. The van der Waals surface area contributed by atoms with E-state index in [2.05, 4.69) is 17.4 Å². The Morgan fingerprint density at radius 1 is 1.38 bits per heavy atom. The van der Waals surface area contributed by atoms with Crippen molar-refractivity contribution in [2.75, 3.05) is 13.7 Å². The Hall–Kier alpha value is -1.61. The summed E-state index contributed by atoms with van der Waals surface area (Å²) in [6.07, 6.45) is 1.86. The van der Waals surface area contributed by atoms with Crippen molar-refractivity contribution in [3.63, 3.8) is 0 Å². The Morgan fingerprint density at radius 3 is 2.69 bits per heavy atom. The summed E-state index contributed by atoms with van der Waals surface area (Å²) in [6.45, 7) is 3.03. The summed E-state index contributed by atoms with van der Waals surface area (Å²) in [7, 11) is 1.60. The topological polar surface area (TPSA) is 45.1 Å². The highest BCUT2D eigenvalue weighted by Gasteiger charge is 1.97. The van der Waals surface area contributed by atoms with Gasteiger partial charge in [0.15, 0.2) is 0 Å². The van der Waals surface area contributed by atoms with Gasteiger partial charge >= 0.3 is 0 Å². The van der Waals surface area contributed by atoms with Gasteiger partial charge in [0.05, 0.1) is 12.3 Å². The van der Waals surface area contributed by atoms with Crippen LogP contribution in [-0.4, -0.2) is 19.4 Å². The standard InChI is InChI=1S/C13H18N2O/c1-11(13(14)10-16-2)8-15-9-12-6-4-3-5-7-12/h3-8,14-15H,9-10H2,1-2H3/b11-8-,14-13?. The lowest BCUT2D eigenvalue weighted by atomic mass is 10.2. The van der Waals surface area contributed by atoms with E-state index >= 15 is 0 Å². The van der Waals surface area contributed by atoms with Crippen LogP contribution < -0.4 is 5.32 Å². The molecule has 0 spiro atoms. The molecule has 3 nitrogen and oxygen atoms in total. The number of methoxy groups -OCH3 is 1. The first-order valence-corrected chi connectivity index (χ1v) is 5.25. The Balaban J connectivity index is 2.39. The third kappa shape index (κ3) is 4.28. The van der Waals surface area contributed by atoms with Crippen LogP contribution in [0.25, 0.3) is 0 Å². The van der Waals surface area contributed by atoms with Gasteiger partial charge in [-0.15, -0.1) is 0 Å². The van der Waals surface area contributed by atoms with Crippen molar-refractivity contribution in [2.45, 2.75) is 13.5 Å². The van der Waals surface area contributed by atoms with Crippen LogP contribution in [0.5, 0.6) is 0 Å². The molecule has 0 bridgehead atoms. The summed E-state index contributed by atoms with van der Waals surface area (Å²) in [6, 6.07) is 10.2. The maximum Gasteiger partial charge on any atom is 0.0880 e. The maximum absolute atomic E-state index is 7.64. The van der Waals surface area contributed by atoms with Crippen molar-refractivity contribution in [3.8, 4) is 0 Å². The van der Waals surface area contributed by atoms with Gasteiger partial charge < -0.3 is 15.5 Å². The quantitative estimate of drug-likeness (QED) is 0.720. The second-order valence-corrected chi connectivity index (χ2v) is 3.61. The Bertz CT molecular complexity index is 357. The van der Waals surface area contributed by atoms with Gasteiger partial charge in [-0.1, -0.05) is 30.3 Å². The lowest BCUT2D eigenvalue weighted by molar-refractivity contribution is 0.245. The number of nitrogens with one attached hydrogen (secondary N) is 2. The number of benzene rings is 1. The van der Waals surface area contributed by atoms with Gasteiger partial charge in [0.1, 0.15) is 0 Å². The first kappa shape index (κ1) is 12.5. The van der Waals surface area contributed by atoms with E-state index in [0.29, 0.717) is 12.3 Å². The zero-order chi connectivity index (χ0) is 11.8. The van der Waals surface area contributed by atoms with Crippen molar-refractivity contribution in [1.82, 2.24) is 5.32 Å². The first-order valence-electron chi connectivity index (χ1n) is 5.25. The molecule has 0 fully saturated rings. The lowest BCUT2D eigenvalue weighted by Gasteiger charge is -2.05. The van der Waals surface area contributed by atoms with E-state index in [4.69, 9.17) is 10.1 Å². The molecular weight excluding hydrogens is 200 g/mol. The normalized spacial score (nSPS) is 11.2. The fraction of sp³-hybridized carbons (Fsp3) is 0.308. The van der Waals surface area contributed by atoms with Gasteiger partial charge in [-0.25, -0.2) is 0 Å². The summed E-state index contributed by atoms with van der Waals surface area (Å²) in [4.78, 5) is 0. The molecule has 1 aromatic rings. The maximum atomic E-state index is 7.64. The van der Waals surface area contributed by atoms with E-state index in [1.165, 1.54) is 5.56 Å². The molecule has 0 unspecified atom stereocenters. The molecule has 0 heterocycles. The summed E-state index contributed by atoms with van der Waals surface area (Å²) in [5, 5.41) is 10.8. The molecule has 0 atom stereocenters. The van der Waals surface area contributed by atoms with Crippen molar-refractivity contribution in [3.05, 3.63) is 47.7 Å². The number of rotatable bonds is 6. The largest absolute Gasteiger partial charge is 0.387 e. The van der Waals surface area contributed by atoms with Crippen molar-refractivity contribution in [1.29, 1.82) is 5.41 Å². The third-order valence-electron chi connectivity index (χ3n) is 2.23. The third-order valence-corrected chi connectivity index (χ3v) is 2.23.